The van der Waals surface area contributed by atoms with Crippen LogP contribution in [0.5, 0.6) is 0 Å². The zero-order valence-electron chi connectivity index (χ0n) is 15.0. The van der Waals surface area contributed by atoms with Crippen molar-refractivity contribution in [1.82, 2.24) is 9.21 Å². The van der Waals surface area contributed by atoms with E-state index in [0.29, 0.717) is 12.5 Å². The molecule has 28 heavy (non-hydrogen) atoms. The molecule has 3 rings (SSSR count). The number of allylic oxidation sites excluding steroid dienone is 2. The molecule has 10 heteroatoms. The number of amides is 1. The van der Waals surface area contributed by atoms with Gasteiger partial charge in [0.15, 0.2) is 0 Å². The highest BCUT2D eigenvalue weighted by Gasteiger charge is 2.36. The molecule has 1 saturated heterocycles. The van der Waals surface area contributed by atoms with Crippen molar-refractivity contribution < 1.29 is 26.4 Å². The van der Waals surface area contributed by atoms with E-state index < -0.39 is 26.7 Å². The van der Waals surface area contributed by atoms with Gasteiger partial charge in [0.2, 0.25) is 15.9 Å². The quantitative estimate of drug-likeness (QED) is 0.678. The second kappa shape index (κ2) is 8.04. The first-order chi connectivity index (χ1) is 13.1. The normalized spacial score (nSPS) is 21.3. The monoisotopic (exact) mass is 436 g/mol. The van der Waals surface area contributed by atoms with E-state index in [-0.39, 0.29) is 43.0 Å². The van der Waals surface area contributed by atoms with Crippen molar-refractivity contribution >= 4 is 27.5 Å². The number of halogens is 4. The summed E-state index contributed by atoms with van der Waals surface area (Å²) in [6.07, 6.45) is 1.68. The molecule has 1 atom stereocenters. The largest absolute Gasteiger partial charge is 0.416 e. The second-order valence-electron chi connectivity index (χ2n) is 6.90. The number of benzene rings is 1. The number of alkyl halides is 3. The summed E-state index contributed by atoms with van der Waals surface area (Å²) < 4.78 is 65.5. The van der Waals surface area contributed by atoms with Gasteiger partial charge in [-0.1, -0.05) is 23.8 Å². The molecule has 0 unspecified atom stereocenters. The molecule has 1 aliphatic carbocycles. The fourth-order valence-corrected chi connectivity index (χ4v) is 5.34. The number of piperazine rings is 1. The zero-order valence-corrected chi connectivity index (χ0v) is 16.5. The number of hydrogen-bond donors (Lipinski definition) is 0. The molecule has 0 bridgehead atoms. The maximum absolute atomic E-state index is 12.9. The van der Waals surface area contributed by atoms with E-state index in [2.05, 4.69) is 0 Å². The summed E-state index contributed by atoms with van der Waals surface area (Å²) in [6.45, 7) is 0.429. The van der Waals surface area contributed by atoms with Crippen LogP contribution in [0.25, 0.3) is 0 Å². The topological polar surface area (TPSA) is 57.7 Å². The average Bonchev–Trinajstić information content (AvgIpc) is 3.14. The molecule has 1 aromatic carbocycles. The lowest BCUT2D eigenvalue weighted by molar-refractivity contribution is -0.137. The first kappa shape index (κ1) is 21.1. The fourth-order valence-electron chi connectivity index (χ4n) is 3.41. The maximum atomic E-state index is 12.9. The Morgan fingerprint density at radius 2 is 1.86 bits per heavy atom. The molecule has 1 amide bonds. The number of sulfonamides is 1. The summed E-state index contributed by atoms with van der Waals surface area (Å²) in [5.74, 6) is 0.184. The van der Waals surface area contributed by atoms with Crippen LogP contribution in [0.4, 0.5) is 13.2 Å². The Bertz CT molecular complexity index is 879. The Hall–Kier alpha value is -1.58. The van der Waals surface area contributed by atoms with E-state index in [1.165, 1.54) is 0 Å². The lowest BCUT2D eigenvalue weighted by atomic mass is 10.0. The van der Waals surface area contributed by atoms with Crippen molar-refractivity contribution in [1.29, 1.82) is 0 Å². The summed E-state index contributed by atoms with van der Waals surface area (Å²) in [5, 5.41) is -0.264. The van der Waals surface area contributed by atoms with Gasteiger partial charge in [0.25, 0.3) is 0 Å². The van der Waals surface area contributed by atoms with Crippen LogP contribution in [-0.4, -0.2) is 49.7 Å². The minimum atomic E-state index is -4.67. The Labute approximate surface area is 166 Å². The highest BCUT2D eigenvalue weighted by molar-refractivity contribution is 7.89. The molecule has 0 N–H and O–H groups in total. The Morgan fingerprint density at radius 1 is 1.18 bits per heavy atom. The molecule has 1 heterocycles. The predicted octanol–water partition coefficient (Wildman–Crippen LogP) is 3.55. The Kier molecular flexibility index (Phi) is 6.07. The Balaban J connectivity index is 1.69. The number of carbonyl (C=O) groups excluding carboxylic acids is 1. The van der Waals surface area contributed by atoms with E-state index in [0.717, 1.165) is 29.3 Å². The van der Waals surface area contributed by atoms with E-state index in [1.807, 2.05) is 12.2 Å². The van der Waals surface area contributed by atoms with Crippen molar-refractivity contribution in [2.45, 2.75) is 30.3 Å². The number of carbonyl (C=O) groups is 1. The van der Waals surface area contributed by atoms with E-state index in [4.69, 9.17) is 11.6 Å². The number of rotatable bonds is 4. The van der Waals surface area contributed by atoms with Crippen molar-refractivity contribution in [3.63, 3.8) is 0 Å². The molecule has 0 aromatic heterocycles. The molecule has 0 saturated carbocycles. The Morgan fingerprint density at radius 3 is 2.43 bits per heavy atom. The van der Waals surface area contributed by atoms with Gasteiger partial charge in [-0.2, -0.15) is 17.5 Å². The minimum absolute atomic E-state index is 0.0150. The predicted molar refractivity (Wildman–Crippen MR) is 98.3 cm³/mol. The van der Waals surface area contributed by atoms with E-state index >= 15 is 0 Å². The van der Waals surface area contributed by atoms with Crippen LogP contribution in [0, 0.1) is 5.92 Å². The molecule has 1 aromatic rings. The molecule has 1 aliphatic heterocycles. The van der Waals surface area contributed by atoms with Gasteiger partial charge in [-0.05, 0) is 37.0 Å². The molecule has 0 spiro atoms. The van der Waals surface area contributed by atoms with Crippen LogP contribution in [0.15, 0.2) is 35.2 Å². The van der Waals surface area contributed by atoms with E-state index in [9.17, 15) is 26.4 Å². The van der Waals surface area contributed by atoms with Crippen molar-refractivity contribution in [3.05, 3.63) is 40.9 Å². The van der Waals surface area contributed by atoms with Crippen LogP contribution >= 0.6 is 11.6 Å². The average molecular weight is 437 g/mol. The number of nitrogens with zero attached hydrogens (tertiary/aromatic N) is 2. The SMILES string of the molecule is O=C(C[C@H]1C=CCC1)N1CCN(S(=O)(=O)c2cc(C(F)(F)F)ccc2Cl)CC1. The molecule has 1 fully saturated rings. The van der Waals surface area contributed by atoms with Crippen molar-refractivity contribution in [2.24, 2.45) is 5.92 Å². The standard InChI is InChI=1S/C18H20ClF3N2O3S/c19-15-6-5-14(18(20,21)22)12-16(15)28(26,27)24-9-7-23(8-10-24)17(25)11-13-3-1-2-4-13/h1,3,5-6,12-13H,2,4,7-11H2/t13-/m0/s1. The van der Waals surface area contributed by atoms with Crippen molar-refractivity contribution in [3.8, 4) is 0 Å². The third-order valence-electron chi connectivity index (χ3n) is 5.02. The van der Waals surface area contributed by atoms with E-state index in [1.54, 1.807) is 4.90 Å². The second-order valence-corrected chi connectivity index (χ2v) is 9.21. The van der Waals surface area contributed by atoms with Crippen LogP contribution in [-0.2, 0) is 21.0 Å². The van der Waals surface area contributed by atoms with Gasteiger partial charge < -0.3 is 4.90 Å². The zero-order chi connectivity index (χ0) is 20.5. The maximum Gasteiger partial charge on any atom is 0.416 e. The lowest BCUT2D eigenvalue weighted by Gasteiger charge is -2.34. The highest BCUT2D eigenvalue weighted by Crippen LogP contribution is 2.34. The third kappa shape index (κ3) is 4.52. The summed E-state index contributed by atoms with van der Waals surface area (Å²) in [6, 6.07) is 2.24. The third-order valence-corrected chi connectivity index (χ3v) is 7.40. The summed E-state index contributed by atoms with van der Waals surface area (Å²) in [7, 11) is -4.19. The van der Waals surface area contributed by atoms with Gasteiger partial charge in [-0.3, -0.25) is 4.79 Å². The van der Waals surface area contributed by atoms with Gasteiger partial charge in [0.05, 0.1) is 10.6 Å². The molecular weight excluding hydrogens is 417 g/mol. The van der Waals surface area contributed by atoms with Gasteiger partial charge in [-0.25, -0.2) is 8.42 Å². The van der Waals surface area contributed by atoms with Gasteiger partial charge in [0.1, 0.15) is 4.90 Å². The molecular formula is C18H20ClF3N2O3S. The van der Waals surface area contributed by atoms with Gasteiger partial charge in [0, 0.05) is 32.6 Å². The first-order valence-corrected chi connectivity index (χ1v) is 10.7. The highest BCUT2D eigenvalue weighted by atomic mass is 35.5. The molecule has 154 valence electrons. The molecule has 2 aliphatic rings. The molecule has 5 nitrogen and oxygen atoms in total. The number of hydrogen-bond acceptors (Lipinski definition) is 3. The summed E-state index contributed by atoms with van der Waals surface area (Å²) >= 11 is 5.88. The van der Waals surface area contributed by atoms with Crippen LogP contribution < -0.4 is 0 Å². The van der Waals surface area contributed by atoms with Crippen LogP contribution in [0.2, 0.25) is 5.02 Å². The fraction of sp³-hybridized carbons (Fsp3) is 0.500. The van der Waals surface area contributed by atoms with Crippen molar-refractivity contribution in [2.75, 3.05) is 26.2 Å². The van der Waals surface area contributed by atoms with Crippen LogP contribution in [0.3, 0.4) is 0 Å². The first-order valence-electron chi connectivity index (χ1n) is 8.90. The van der Waals surface area contributed by atoms with Crippen LogP contribution in [0.1, 0.15) is 24.8 Å². The smallest absolute Gasteiger partial charge is 0.340 e. The lowest BCUT2D eigenvalue weighted by Crippen LogP contribution is -2.50. The molecule has 0 radical (unpaired) electrons. The van der Waals surface area contributed by atoms with Gasteiger partial charge in [-0.15, -0.1) is 0 Å². The summed E-state index contributed by atoms with van der Waals surface area (Å²) in [4.78, 5) is 13.4. The van der Waals surface area contributed by atoms with Gasteiger partial charge >= 0.3 is 6.18 Å². The minimum Gasteiger partial charge on any atom is -0.340 e. The summed E-state index contributed by atoms with van der Waals surface area (Å²) in [5.41, 5.74) is -1.08.